The van der Waals surface area contributed by atoms with Crippen LogP contribution in [0.4, 0.5) is 0 Å². The number of carbonyl (C=O) groups is 1. The van der Waals surface area contributed by atoms with Crippen LogP contribution in [0.25, 0.3) is 0 Å². The average molecular weight is 574 g/mol. The van der Waals surface area contributed by atoms with E-state index in [0.29, 0.717) is 24.6 Å². The lowest BCUT2D eigenvalue weighted by Crippen LogP contribution is -2.45. The molecule has 8 heteroatoms. The molecule has 2 aliphatic heterocycles. The summed E-state index contributed by atoms with van der Waals surface area (Å²) in [5.41, 5.74) is 2.81. The Balaban J connectivity index is 1.47. The lowest BCUT2D eigenvalue weighted by atomic mass is 9.83. The summed E-state index contributed by atoms with van der Waals surface area (Å²) >= 11 is 6.64. The molecule has 2 aliphatic rings. The van der Waals surface area contributed by atoms with Crippen LogP contribution in [-0.2, 0) is 26.3 Å². The van der Waals surface area contributed by atoms with E-state index in [1.54, 1.807) is 0 Å². The molecule has 1 spiro atoms. The molecule has 0 amide bonds. The maximum Gasteiger partial charge on any atom is 0.310 e. The van der Waals surface area contributed by atoms with Crippen LogP contribution in [-0.4, -0.2) is 57.1 Å². The minimum absolute atomic E-state index is 0.0215. The molecule has 2 aromatic rings. The van der Waals surface area contributed by atoms with Crippen LogP contribution in [0.5, 0.6) is 5.75 Å². The van der Waals surface area contributed by atoms with Crippen LogP contribution in [0.1, 0.15) is 63.3 Å². The van der Waals surface area contributed by atoms with Gasteiger partial charge in [-0.05, 0) is 79.2 Å². The highest BCUT2D eigenvalue weighted by Gasteiger charge is 2.46. The van der Waals surface area contributed by atoms with E-state index in [4.69, 9.17) is 25.5 Å². The number of fused-ring (bicyclic) bond motifs is 2. The quantitative estimate of drug-likeness (QED) is 0.273. The SMILES string of the molecule is CCOC(=O)C(Cc1cc(O[Si](C)(C)C(C)(C)C)ccc1Cl)CN1CCC2(CC1)OC(CO)c1ccccc12. The monoisotopic (exact) mass is 573 g/mol. The van der Waals surface area contributed by atoms with Crippen LogP contribution in [0.3, 0.4) is 0 Å². The number of hydrogen-bond donors (Lipinski definition) is 1. The Kier molecular flexibility index (Phi) is 9.18. The third-order valence-corrected chi connectivity index (χ3v) is 13.5. The van der Waals surface area contributed by atoms with E-state index in [1.165, 1.54) is 5.56 Å². The highest BCUT2D eigenvalue weighted by atomic mass is 35.5. The van der Waals surface area contributed by atoms with E-state index in [9.17, 15) is 9.90 Å². The molecule has 2 atom stereocenters. The predicted molar refractivity (Wildman–Crippen MR) is 158 cm³/mol. The number of aliphatic hydroxyl groups excluding tert-OH is 1. The van der Waals surface area contributed by atoms with Crippen LogP contribution >= 0.6 is 11.6 Å². The average Bonchev–Trinajstić information content (AvgIpc) is 3.19. The number of aliphatic hydroxyl groups is 1. The summed E-state index contributed by atoms with van der Waals surface area (Å²) in [6, 6.07) is 14.0. The molecule has 0 saturated carbocycles. The highest BCUT2D eigenvalue weighted by molar-refractivity contribution is 6.74. The van der Waals surface area contributed by atoms with Crippen molar-refractivity contribution in [1.82, 2.24) is 4.90 Å². The Labute approximate surface area is 239 Å². The lowest BCUT2D eigenvalue weighted by molar-refractivity contribution is -0.150. The summed E-state index contributed by atoms with van der Waals surface area (Å²) in [6.07, 6.45) is 1.84. The summed E-state index contributed by atoms with van der Waals surface area (Å²) in [5, 5.41) is 10.6. The number of esters is 1. The number of halogens is 1. The summed E-state index contributed by atoms with van der Waals surface area (Å²) in [6.45, 7) is 15.4. The summed E-state index contributed by atoms with van der Waals surface area (Å²) in [4.78, 5) is 15.4. The molecule has 39 heavy (non-hydrogen) atoms. The molecule has 1 saturated heterocycles. The minimum Gasteiger partial charge on any atom is -0.543 e. The molecule has 4 rings (SSSR count). The van der Waals surface area contributed by atoms with Crippen LogP contribution in [0.15, 0.2) is 42.5 Å². The normalized spacial score (nSPS) is 20.1. The number of rotatable bonds is 9. The van der Waals surface area contributed by atoms with Gasteiger partial charge in [-0.2, -0.15) is 0 Å². The van der Waals surface area contributed by atoms with Crippen LogP contribution in [0.2, 0.25) is 23.2 Å². The largest absolute Gasteiger partial charge is 0.543 e. The Bertz CT molecular complexity index is 1160. The van der Waals surface area contributed by atoms with E-state index in [-0.39, 0.29) is 35.2 Å². The van der Waals surface area contributed by atoms with E-state index >= 15 is 0 Å². The van der Waals surface area contributed by atoms with Gasteiger partial charge in [-0.1, -0.05) is 56.6 Å². The van der Waals surface area contributed by atoms with Crippen LogP contribution < -0.4 is 4.43 Å². The number of benzene rings is 2. The summed E-state index contributed by atoms with van der Waals surface area (Å²) < 4.78 is 18.5. The van der Waals surface area contributed by atoms with Crippen molar-refractivity contribution in [3.05, 3.63) is 64.2 Å². The van der Waals surface area contributed by atoms with Crippen molar-refractivity contribution in [2.24, 2.45) is 5.92 Å². The van der Waals surface area contributed by atoms with Crippen molar-refractivity contribution < 1.29 is 23.8 Å². The van der Waals surface area contributed by atoms with Gasteiger partial charge in [-0.3, -0.25) is 4.79 Å². The third-order valence-electron chi connectivity index (χ3n) is 8.76. The molecule has 2 heterocycles. The maximum atomic E-state index is 13.1. The van der Waals surface area contributed by atoms with Gasteiger partial charge >= 0.3 is 5.97 Å². The van der Waals surface area contributed by atoms with Gasteiger partial charge in [-0.15, -0.1) is 0 Å². The molecule has 6 nitrogen and oxygen atoms in total. The maximum absolute atomic E-state index is 13.1. The first-order chi connectivity index (χ1) is 18.4. The van der Waals surface area contributed by atoms with E-state index in [2.05, 4.69) is 50.9 Å². The summed E-state index contributed by atoms with van der Waals surface area (Å²) in [7, 11) is -2.02. The molecule has 1 fully saturated rings. The zero-order valence-corrected chi connectivity index (χ0v) is 26.0. The van der Waals surface area contributed by atoms with Gasteiger partial charge in [-0.25, -0.2) is 0 Å². The van der Waals surface area contributed by atoms with Gasteiger partial charge in [0, 0.05) is 24.7 Å². The number of nitrogens with zero attached hydrogens (tertiary/aromatic N) is 1. The van der Waals surface area contributed by atoms with Crippen molar-refractivity contribution in [1.29, 1.82) is 0 Å². The molecule has 0 radical (unpaired) electrons. The number of likely N-dealkylation sites (tertiary alicyclic amines) is 1. The van der Waals surface area contributed by atoms with Crippen molar-refractivity contribution in [3.8, 4) is 5.75 Å². The van der Waals surface area contributed by atoms with Gasteiger partial charge in [0.1, 0.15) is 11.9 Å². The predicted octanol–water partition coefficient (Wildman–Crippen LogP) is 6.50. The van der Waals surface area contributed by atoms with Crippen molar-refractivity contribution >= 4 is 25.9 Å². The van der Waals surface area contributed by atoms with Gasteiger partial charge in [0.25, 0.3) is 0 Å². The third kappa shape index (κ3) is 6.54. The highest BCUT2D eigenvalue weighted by Crippen LogP contribution is 2.49. The van der Waals surface area contributed by atoms with Crippen molar-refractivity contribution in [3.63, 3.8) is 0 Å². The number of hydrogen-bond acceptors (Lipinski definition) is 6. The fourth-order valence-electron chi connectivity index (χ4n) is 5.49. The van der Waals surface area contributed by atoms with Crippen molar-refractivity contribution in [2.45, 2.75) is 76.8 Å². The minimum atomic E-state index is -2.02. The second-order valence-electron chi connectivity index (χ2n) is 12.4. The molecule has 214 valence electrons. The van der Waals surface area contributed by atoms with Crippen LogP contribution in [0, 0.1) is 5.92 Å². The number of carbonyl (C=O) groups excluding carboxylic acids is 1. The zero-order valence-electron chi connectivity index (χ0n) is 24.3. The number of ether oxygens (including phenoxy) is 2. The first-order valence-corrected chi connectivity index (χ1v) is 17.4. The summed E-state index contributed by atoms with van der Waals surface area (Å²) in [5.74, 6) is 0.257. The number of piperidine rings is 1. The molecule has 2 unspecified atom stereocenters. The Morgan fingerprint density at radius 1 is 1.21 bits per heavy atom. The fourth-order valence-corrected chi connectivity index (χ4v) is 6.71. The van der Waals surface area contributed by atoms with E-state index < -0.39 is 8.32 Å². The fraction of sp³-hybridized carbons (Fsp3) is 0.581. The molecular weight excluding hydrogens is 530 g/mol. The van der Waals surface area contributed by atoms with E-state index in [0.717, 1.165) is 42.8 Å². The Morgan fingerprint density at radius 2 is 1.90 bits per heavy atom. The first-order valence-electron chi connectivity index (χ1n) is 14.1. The molecule has 0 aromatic heterocycles. The molecule has 0 aliphatic carbocycles. The lowest BCUT2D eigenvalue weighted by Gasteiger charge is -2.40. The molecule has 1 N–H and O–H groups in total. The molecular formula is C31H44ClNO5Si. The second kappa shape index (κ2) is 11.9. The smallest absolute Gasteiger partial charge is 0.310 e. The topological polar surface area (TPSA) is 68.2 Å². The molecule has 2 aromatic carbocycles. The van der Waals surface area contributed by atoms with Crippen molar-refractivity contribution in [2.75, 3.05) is 32.8 Å². The Hall–Kier alpha value is -1.90. The van der Waals surface area contributed by atoms with Gasteiger partial charge in [0.2, 0.25) is 8.32 Å². The zero-order chi connectivity index (χ0) is 28.4. The van der Waals surface area contributed by atoms with Gasteiger partial charge in [0.05, 0.1) is 24.7 Å². The second-order valence-corrected chi connectivity index (χ2v) is 17.6. The molecule has 0 bridgehead atoms. The Morgan fingerprint density at radius 3 is 2.54 bits per heavy atom. The van der Waals surface area contributed by atoms with E-state index in [1.807, 2.05) is 37.3 Å². The van der Waals surface area contributed by atoms with Gasteiger partial charge in [0.15, 0.2) is 0 Å². The van der Waals surface area contributed by atoms with Gasteiger partial charge < -0.3 is 23.9 Å². The standard InChI is InChI=1S/C31H44ClNO5Si/c1-7-36-29(35)23(18-22-19-24(12-13-27(22)32)38-39(5,6)30(2,3)4)20-33-16-14-31(15-17-33)26-11-9-8-10-25(26)28(21-34)37-31/h8-13,19,23,28,34H,7,14-18,20-21H2,1-6H3. The first kappa shape index (κ1) is 30.1.